The molecule has 120 valence electrons. The van der Waals surface area contributed by atoms with Crippen molar-refractivity contribution in [2.45, 2.75) is 32.4 Å². The van der Waals surface area contributed by atoms with Crippen molar-refractivity contribution >= 4 is 41.7 Å². The summed E-state index contributed by atoms with van der Waals surface area (Å²) in [6.45, 7) is 11.5. The molecule has 0 aromatic carbocycles. The van der Waals surface area contributed by atoms with Crippen LogP contribution in [0, 0.1) is 5.92 Å². The van der Waals surface area contributed by atoms with Gasteiger partial charge in [0.2, 0.25) is 0 Å². The average Bonchev–Trinajstić information content (AvgIpc) is 2.42. The predicted octanol–water partition coefficient (Wildman–Crippen LogP) is 2.68. The summed E-state index contributed by atoms with van der Waals surface area (Å²) in [5.74, 6) is 3.00. The Morgan fingerprint density at radius 1 is 1.50 bits per heavy atom. The SMILES string of the molecule is CCNC(=NCCCOC)N1CCSC(C(C)C)C1.I. The van der Waals surface area contributed by atoms with Crippen LogP contribution in [0.4, 0.5) is 0 Å². The summed E-state index contributed by atoms with van der Waals surface area (Å²) in [7, 11) is 1.74. The number of nitrogens with zero attached hydrogens (tertiary/aromatic N) is 2. The number of nitrogens with one attached hydrogen (secondary N) is 1. The first-order chi connectivity index (χ1) is 9.19. The highest BCUT2D eigenvalue weighted by molar-refractivity contribution is 14.0. The van der Waals surface area contributed by atoms with E-state index < -0.39 is 0 Å². The van der Waals surface area contributed by atoms with Crippen molar-refractivity contribution in [3.63, 3.8) is 0 Å². The summed E-state index contributed by atoms with van der Waals surface area (Å²) >= 11 is 2.10. The van der Waals surface area contributed by atoms with E-state index in [-0.39, 0.29) is 24.0 Å². The summed E-state index contributed by atoms with van der Waals surface area (Å²) in [5, 5.41) is 4.13. The molecule has 6 heteroatoms. The Balaban J connectivity index is 0.00000361. The number of methoxy groups -OCH3 is 1. The van der Waals surface area contributed by atoms with Gasteiger partial charge >= 0.3 is 0 Å². The average molecular weight is 415 g/mol. The van der Waals surface area contributed by atoms with Gasteiger partial charge in [-0.15, -0.1) is 24.0 Å². The maximum Gasteiger partial charge on any atom is 0.193 e. The van der Waals surface area contributed by atoms with E-state index in [1.54, 1.807) is 7.11 Å². The number of ether oxygens (including phenoxy) is 1. The molecule has 0 bridgehead atoms. The molecule has 1 heterocycles. The number of hydrogen-bond acceptors (Lipinski definition) is 3. The van der Waals surface area contributed by atoms with Gasteiger partial charge in [0.15, 0.2) is 5.96 Å². The zero-order valence-corrected chi connectivity index (χ0v) is 16.4. The van der Waals surface area contributed by atoms with E-state index in [2.05, 4.69) is 42.7 Å². The first-order valence-corrected chi connectivity index (χ1v) is 8.37. The highest BCUT2D eigenvalue weighted by Gasteiger charge is 2.24. The number of thioether (sulfide) groups is 1. The van der Waals surface area contributed by atoms with Gasteiger partial charge in [0.05, 0.1) is 0 Å². The first kappa shape index (κ1) is 20.3. The second-order valence-electron chi connectivity index (χ2n) is 5.18. The Morgan fingerprint density at radius 2 is 2.25 bits per heavy atom. The Bertz CT molecular complexity index is 277. The van der Waals surface area contributed by atoms with Gasteiger partial charge in [-0.2, -0.15) is 11.8 Å². The van der Waals surface area contributed by atoms with Gasteiger partial charge in [-0.1, -0.05) is 13.8 Å². The van der Waals surface area contributed by atoms with Crippen molar-refractivity contribution < 1.29 is 4.74 Å². The van der Waals surface area contributed by atoms with E-state index in [0.29, 0.717) is 0 Å². The zero-order valence-electron chi connectivity index (χ0n) is 13.2. The fourth-order valence-corrected chi connectivity index (χ4v) is 3.39. The Kier molecular flexibility index (Phi) is 12.1. The normalized spacial score (nSPS) is 19.9. The highest BCUT2D eigenvalue weighted by Crippen LogP contribution is 2.24. The van der Waals surface area contributed by atoms with Crippen LogP contribution in [0.15, 0.2) is 4.99 Å². The summed E-state index contributed by atoms with van der Waals surface area (Å²) in [5.41, 5.74) is 0. The molecule has 0 aromatic rings. The van der Waals surface area contributed by atoms with Crippen molar-refractivity contribution in [3.8, 4) is 0 Å². The Morgan fingerprint density at radius 3 is 2.85 bits per heavy atom. The van der Waals surface area contributed by atoms with Gasteiger partial charge in [0.25, 0.3) is 0 Å². The number of aliphatic imine (C=N–C) groups is 1. The van der Waals surface area contributed by atoms with Crippen LogP contribution in [0.1, 0.15) is 27.2 Å². The van der Waals surface area contributed by atoms with Crippen LogP contribution in [0.5, 0.6) is 0 Å². The highest BCUT2D eigenvalue weighted by atomic mass is 127. The lowest BCUT2D eigenvalue weighted by Gasteiger charge is -2.36. The van der Waals surface area contributed by atoms with E-state index in [9.17, 15) is 0 Å². The van der Waals surface area contributed by atoms with Crippen molar-refractivity contribution in [2.24, 2.45) is 10.9 Å². The van der Waals surface area contributed by atoms with Gasteiger partial charge < -0.3 is 15.0 Å². The minimum Gasteiger partial charge on any atom is -0.385 e. The topological polar surface area (TPSA) is 36.9 Å². The van der Waals surface area contributed by atoms with Gasteiger partial charge in [-0.05, 0) is 19.3 Å². The van der Waals surface area contributed by atoms with Gasteiger partial charge in [-0.3, -0.25) is 4.99 Å². The molecule has 1 rings (SSSR count). The standard InChI is InChI=1S/C14H29N3OS.HI/c1-5-15-14(16-7-6-9-18-4)17-8-10-19-13(11-17)12(2)3;/h12-13H,5-11H2,1-4H3,(H,15,16);1H. The lowest BCUT2D eigenvalue weighted by molar-refractivity contribution is 0.197. The molecule has 0 spiro atoms. The maximum atomic E-state index is 5.07. The van der Waals surface area contributed by atoms with Crippen molar-refractivity contribution in [1.82, 2.24) is 10.2 Å². The molecular weight excluding hydrogens is 385 g/mol. The second kappa shape index (κ2) is 11.9. The summed E-state index contributed by atoms with van der Waals surface area (Å²) in [6, 6.07) is 0. The molecule has 0 amide bonds. The van der Waals surface area contributed by atoms with Crippen molar-refractivity contribution in [3.05, 3.63) is 0 Å². The summed E-state index contributed by atoms with van der Waals surface area (Å²) < 4.78 is 5.07. The van der Waals surface area contributed by atoms with Crippen molar-refractivity contribution in [1.29, 1.82) is 0 Å². The smallest absolute Gasteiger partial charge is 0.193 e. The third-order valence-electron chi connectivity index (χ3n) is 3.24. The number of halogens is 1. The summed E-state index contributed by atoms with van der Waals surface area (Å²) in [6.07, 6.45) is 0.988. The Labute approximate surface area is 145 Å². The largest absolute Gasteiger partial charge is 0.385 e. The number of hydrogen-bond donors (Lipinski definition) is 1. The molecule has 1 atom stereocenters. The molecule has 1 fully saturated rings. The molecule has 0 aliphatic carbocycles. The van der Waals surface area contributed by atoms with E-state index >= 15 is 0 Å². The third kappa shape index (κ3) is 7.36. The maximum absolute atomic E-state index is 5.07. The molecule has 1 aliphatic rings. The van der Waals surface area contributed by atoms with E-state index in [0.717, 1.165) is 56.3 Å². The summed E-state index contributed by atoms with van der Waals surface area (Å²) in [4.78, 5) is 7.12. The molecule has 0 saturated carbocycles. The van der Waals surface area contributed by atoms with Crippen LogP contribution in [0.3, 0.4) is 0 Å². The number of rotatable bonds is 6. The molecule has 1 saturated heterocycles. The predicted molar refractivity (Wildman–Crippen MR) is 101 cm³/mol. The zero-order chi connectivity index (χ0) is 14.1. The van der Waals surface area contributed by atoms with E-state index in [1.165, 1.54) is 5.75 Å². The van der Waals surface area contributed by atoms with Crippen LogP contribution >= 0.6 is 35.7 Å². The third-order valence-corrected chi connectivity index (χ3v) is 4.78. The van der Waals surface area contributed by atoms with Crippen LogP contribution < -0.4 is 5.32 Å². The van der Waals surface area contributed by atoms with E-state index in [1.807, 2.05) is 0 Å². The quantitative estimate of drug-likeness (QED) is 0.313. The minimum absolute atomic E-state index is 0. The molecule has 20 heavy (non-hydrogen) atoms. The molecule has 1 aliphatic heterocycles. The van der Waals surface area contributed by atoms with Crippen LogP contribution in [-0.4, -0.2) is 61.8 Å². The van der Waals surface area contributed by atoms with Gasteiger partial charge in [-0.25, -0.2) is 0 Å². The minimum atomic E-state index is 0. The van der Waals surface area contributed by atoms with Crippen molar-refractivity contribution in [2.75, 3.05) is 45.6 Å². The molecule has 1 unspecified atom stereocenters. The molecule has 0 radical (unpaired) electrons. The van der Waals surface area contributed by atoms with Crippen LogP contribution in [-0.2, 0) is 4.74 Å². The fraction of sp³-hybridized carbons (Fsp3) is 0.929. The number of guanidine groups is 1. The van der Waals surface area contributed by atoms with Gasteiger partial charge in [0, 0.05) is 50.9 Å². The molecule has 1 N–H and O–H groups in total. The first-order valence-electron chi connectivity index (χ1n) is 7.32. The fourth-order valence-electron chi connectivity index (χ4n) is 2.09. The van der Waals surface area contributed by atoms with Crippen LogP contribution in [0.2, 0.25) is 0 Å². The van der Waals surface area contributed by atoms with E-state index in [4.69, 9.17) is 9.73 Å². The lowest BCUT2D eigenvalue weighted by atomic mass is 10.1. The molecule has 4 nitrogen and oxygen atoms in total. The molecule has 0 aromatic heterocycles. The Hall–Kier alpha value is 0.310. The molecular formula is C14H30IN3OS. The van der Waals surface area contributed by atoms with Crippen LogP contribution in [0.25, 0.3) is 0 Å². The van der Waals surface area contributed by atoms with Gasteiger partial charge in [0.1, 0.15) is 0 Å². The monoisotopic (exact) mass is 415 g/mol. The lowest BCUT2D eigenvalue weighted by Crippen LogP contribution is -2.49. The second-order valence-corrected chi connectivity index (χ2v) is 6.53.